The van der Waals surface area contributed by atoms with E-state index in [-0.39, 0.29) is 24.2 Å². The van der Waals surface area contributed by atoms with Gasteiger partial charge in [-0.3, -0.25) is 4.79 Å². The van der Waals surface area contributed by atoms with Crippen LogP contribution in [0.3, 0.4) is 0 Å². The highest BCUT2D eigenvalue weighted by atomic mass is 16.5. The van der Waals surface area contributed by atoms with Gasteiger partial charge in [0.2, 0.25) is 0 Å². The molecule has 0 fully saturated rings. The number of benzene rings is 2. The summed E-state index contributed by atoms with van der Waals surface area (Å²) in [5.74, 6) is 1.01. The topological polar surface area (TPSA) is 69.3 Å². The molecule has 0 aliphatic rings. The lowest BCUT2D eigenvalue weighted by Gasteiger charge is -2.15. The van der Waals surface area contributed by atoms with Crippen LogP contribution < -0.4 is 10.1 Å². The van der Waals surface area contributed by atoms with E-state index in [1.54, 1.807) is 6.92 Å². The van der Waals surface area contributed by atoms with Crippen molar-refractivity contribution < 1.29 is 14.1 Å². The average Bonchev–Trinajstić information content (AvgIpc) is 3.44. The van der Waals surface area contributed by atoms with Crippen molar-refractivity contribution in [1.29, 1.82) is 0 Å². The monoisotopic (exact) mass is 415 g/mol. The van der Waals surface area contributed by atoms with E-state index in [1.807, 2.05) is 91.5 Å². The summed E-state index contributed by atoms with van der Waals surface area (Å²) in [5.41, 5.74) is 4.12. The van der Waals surface area contributed by atoms with Gasteiger partial charge in [0.1, 0.15) is 18.1 Å². The Hall–Kier alpha value is -3.80. The normalized spacial score (nSPS) is 11.8. The zero-order valence-corrected chi connectivity index (χ0v) is 17.8. The number of hydrogen-bond donors (Lipinski definition) is 1. The third-order valence-electron chi connectivity index (χ3n) is 5.25. The number of rotatable bonds is 7. The van der Waals surface area contributed by atoms with Crippen molar-refractivity contribution in [2.24, 2.45) is 0 Å². The maximum Gasteiger partial charge on any atom is 0.274 e. The second-order valence-corrected chi connectivity index (χ2v) is 7.54. The molecular weight excluding hydrogens is 390 g/mol. The number of aryl methyl sites for hydroxylation is 2. The Morgan fingerprint density at radius 2 is 1.74 bits per heavy atom. The van der Waals surface area contributed by atoms with Gasteiger partial charge >= 0.3 is 0 Å². The highest BCUT2D eigenvalue weighted by molar-refractivity contribution is 5.94. The zero-order valence-electron chi connectivity index (χ0n) is 17.8. The number of nitrogens with zero attached hydrogens (tertiary/aromatic N) is 2. The van der Waals surface area contributed by atoms with Gasteiger partial charge in [-0.05, 0) is 62.7 Å². The van der Waals surface area contributed by atoms with Gasteiger partial charge in [-0.15, -0.1) is 0 Å². The molecule has 158 valence electrons. The molecule has 0 aliphatic carbocycles. The Bertz CT molecular complexity index is 1140. The van der Waals surface area contributed by atoms with Gasteiger partial charge in [0.15, 0.2) is 5.69 Å². The first-order chi connectivity index (χ1) is 15.0. The van der Waals surface area contributed by atoms with Gasteiger partial charge in [-0.2, -0.15) is 0 Å². The second-order valence-electron chi connectivity index (χ2n) is 7.54. The molecule has 1 unspecified atom stereocenters. The van der Waals surface area contributed by atoms with Crippen molar-refractivity contribution in [3.05, 3.63) is 101 Å². The molecule has 0 bridgehead atoms. The minimum Gasteiger partial charge on any atom is -0.489 e. The molecule has 4 rings (SSSR count). The number of carbonyl (C=O) groups excluding carboxylic acids is 1. The summed E-state index contributed by atoms with van der Waals surface area (Å²) in [6.07, 6.45) is 3.99. The van der Waals surface area contributed by atoms with Crippen LogP contribution in [0.4, 0.5) is 0 Å². The van der Waals surface area contributed by atoms with Gasteiger partial charge in [0, 0.05) is 18.1 Å². The molecule has 2 heterocycles. The maximum atomic E-state index is 12.9. The van der Waals surface area contributed by atoms with Crippen molar-refractivity contribution in [1.82, 2.24) is 15.0 Å². The van der Waals surface area contributed by atoms with Gasteiger partial charge in [-0.1, -0.05) is 35.0 Å². The van der Waals surface area contributed by atoms with Crippen LogP contribution in [0, 0.1) is 13.8 Å². The highest BCUT2D eigenvalue weighted by Gasteiger charge is 2.22. The van der Waals surface area contributed by atoms with E-state index in [4.69, 9.17) is 9.26 Å². The van der Waals surface area contributed by atoms with E-state index in [0.717, 1.165) is 22.6 Å². The van der Waals surface area contributed by atoms with Gasteiger partial charge in [0.25, 0.3) is 5.91 Å². The summed E-state index contributed by atoms with van der Waals surface area (Å²) < 4.78 is 13.1. The average molecular weight is 415 g/mol. The minimum absolute atomic E-state index is 0.186. The predicted octanol–water partition coefficient (Wildman–Crippen LogP) is 5.15. The summed E-state index contributed by atoms with van der Waals surface area (Å²) in [5, 5.41) is 6.97. The van der Waals surface area contributed by atoms with Crippen molar-refractivity contribution in [2.45, 2.75) is 33.4 Å². The van der Waals surface area contributed by atoms with E-state index in [1.165, 1.54) is 0 Å². The lowest BCUT2D eigenvalue weighted by molar-refractivity contribution is 0.0928. The van der Waals surface area contributed by atoms with Crippen LogP contribution in [0.1, 0.15) is 45.9 Å². The minimum atomic E-state index is -0.290. The SMILES string of the molecule is Cc1ccc(OCc2c(C(=O)NC(C)c3ccc(-n4cccc4)cc3)noc2C)cc1. The van der Waals surface area contributed by atoms with Crippen molar-refractivity contribution in [3.8, 4) is 11.4 Å². The fourth-order valence-electron chi connectivity index (χ4n) is 3.32. The molecule has 6 nitrogen and oxygen atoms in total. The van der Waals surface area contributed by atoms with Gasteiger partial charge in [-0.25, -0.2) is 0 Å². The molecule has 31 heavy (non-hydrogen) atoms. The first-order valence-electron chi connectivity index (χ1n) is 10.2. The molecule has 2 aromatic carbocycles. The molecule has 2 aromatic heterocycles. The molecule has 0 spiro atoms. The molecule has 4 aromatic rings. The van der Waals surface area contributed by atoms with Crippen molar-refractivity contribution >= 4 is 5.91 Å². The molecule has 6 heteroatoms. The van der Waals surface area contributed by atoms with Crippen LogP contribution in [0.2, 0.25) is 0 Å². The number of hydrogen-bond acceptors (Lipinski definition) is 4. The molecule has 0 aliphatic heterocycles. The first-order valence-corrected chi connectivity index (χ1v) is 10.2. The maximum absolute atomic E-state index is 12.9. The Kier molecular flexibility index (Phi) is 5.89. The summed E-state index contributed by atoms with van der Waals surface area (Å²) in [7, 11) is 0. The van der Waals surface area contributed by atoms with Crippen molar-refractivity contribution in [2.75, 3.05) is 0 Å². The Balaban J connectivity index is 1.43. The van der Waals surface area contributed by atoms with Crippen LogP contribution in [0.15, 0.2) is 77.6 Å². The lowest BCUT2D eigenvalue weighted by Crippen LogP contribution is -2.28. The highest BCUT2D eigenvalue weighted by Crippen LogP contribution is 2.20. The second kappa shape index (κ2) is 8.92. The lowest BCUT2D eigenvalue weighted by atomic mass is 10.1. The van der Waals surface area contributed by atoms with E-state index in [9.17, 15) is 4.79 Å². The first kappa shape index (κ1) is 20.5. The van der Waals surface area contributed by atoms with E-state index in [0.29, 0.717) is 11.3 Å². The number of aromatic nitrogens is 2. The molecule has 0 radical (unpaired) electrons. The summed E-state index contributed by atoms with van der Waals surface area (Å²) in [6.45, 7) is 5.95. The summed E-state index contributed by atoms with van der Waals surface area (Å²) in [6, 6.07) is 19.6. The third-order valence-corrected chi connectivity index (χ3v) is 5.25. The summed E-state index contributed by atoms with van der Waals surface area (Å²) >= 11 is 0. The predicted molar refractivity (Wildman–Crippen MR) is 118 cm³/mol. The van der Waals surface area contributed by atoms with Crippen molar-refractivity contribution in [3.63, 3.8) is 0 Å². The van der Waals surface area contributed by atoms with E-state index < -0.39 is 0 Å². The Morgan fingerprint density at radius 1 is 1.06 bits per heavy atom. The number of nitrogens with one attached hydrogen (secondary N) is 1. The quantitative estimate of drug-likeness (QED) is 0.453. The largest absolute Gasteiger partial charge is 0.489 e. The molecule has 1 N–H and O–H groups in total. The van der Waals surface area contributed by atoms with Crippen LogP contribution in [-0.2, 0) is 6.61 Å². The van der Waals surface area contributed by atoms with E-state index in [2.05, 4.69) is 10.5 Å². The fourth-order valence-corrected chi connectivity index (χ4v) is 3.32. The van der Waals surface area contributed by atoms with Gasteiger partial charge in [0.05, 0.1) is 11.6 Å². The number of amides is 1. The van der Waals surface area contributed by atoms with Crippen LogP contribution in [0.25, 0.3) is 5.69 Å². The molecule has 0 saturated heterocycles. The Morgan fingerprint density at radius 3 is 2.42 bits per heavy atom. The summed E-state index contributed by atoms with van der Waals surface area (Å²) in [4.78, 5) is 12.9. The number of carbonyl (C=O) groups is 1. The molecular formula is C25H25N3O3. The zero-order chi connectivity index (χ0) is 21.8. The fraction of sp³-hybridized carbons (Fsp3) is 0.200. The van der Waals surface area contributed by atoms with Crippen LogP contribution >= 0.6 is 0 Å². The Labute approximate surface area is 181 Å². The van der Waals surface area contributed by atoms with Crippen LogP contribution in [0.5, 0.6) is 5.75 Å². The van der Waals surface area contributed by atoms with E-state index >= 15 is 0 Å². The smallest absolute Gasteiger partial charge is 0.274 e. The standard InChI is InChI=1S/C25H25N3O3/c1-17-6-12-22(13-7-17)30-16-23-19(3)31-27-24(23)25(29)26-18(2)20-8-10-21(11-9-20)28-14-4-5-15-28/h4-15,18H,16H2,1-3H3,(H,26,29). The molecule has 1 amide bonds. The number of ether oxygens (including phenoxy) is 1. The van der Waals surface area contributed by atoms with Crippen LogP contribution in [-0.4, -0.2) is 15.6 Å². The third kappa shape index (κ3) is 4.69. The van der Waals surface area contributed by atoms with Gasteiger partial charge < -0.3 is 19.1 Å². The molecule has 0 saturated carbocycles. The molecule has 1 atom stereocenters.